The summed E-state index contributed by atoms with van der Waals surface area (Å²) in [6.45, 7) is 1.90. The van der Waals surface area contributed by atoms with Crippen LogP contribution in [0.3, 0.4) is 0 Å². The number of hydrogen-bond donors (Lipinski definition) is 1. The zero-order valence-corrected chi connectivity index (χ0v) is 14.7. The van der Waals surface area contributed by atoms with Gasteiger partial charge in [-0.1, -0.05) is 17.8 Å². The number of benzene rings is 1. The van der Waals surface area contributed by atoms with Crippen LogP contribution in [0.4, 0.5) is 10.2 Å². The van der Waals surface area contributed by atoms with E-state index in [1.54, 1.807) is 13.0 Å². The lowest BCUT2D eigenvalue weighted by molar-refractivity contribution is -0.145. The highest BCUT2D eigenvalue weighted by Gasteiger charge is 2.12. The fourth-order valence-corrected chi connectivity index (χ4v) is 2.53. The number of thioether (sulfide) groups is 1. The minimum Gasteiger partial charge on any atom is -0.466 e. The number of halogens is 1. The lowest BCUT2D eigenvalue weighted by atomic mass is 10.2. The molecule has 1 heterocycles. The van der Waals surface area contributed by atoms with Crippen molar-refractivity contribution in [2.24, 2.45) is 0 Å². The van der Waals surface area contributed by atoms with Gasteiger partial charge in [-0.15, -0.1) is 10.2 Å². The number of carbonyl (C=O) groups excluding carboxylic acids is 3. The van der Waals surface area contributed by atoms with Crippen LogP contribution in [0.15, 0.2) is 41.4 Å². The molecule has 0 fully saturated rings. The fraction of sp³-hybridized carbons (Fsp3) is 0.235. The van der Waals surface area contributed by atoms with E-state index in [0.29, 0.717) is 5.03 Å². The summed E-state index contributed by atoms with van der Waals surface area (Å²) in [5.74, 6) is -1.60. The minimum atomic E-state index is -0.556. The van der Waals surface area contributed by atoms with E-state index in [1.807, 2.05) is 0 Å². The zero-order valence-electron chi connectivity index (χ0n) is 13.9. The number of carbonyl (C=O) groups is 3. The molecule has 0 aliphatic carbocycles. The van der Waals surface area contributed by atoms with Crippen molar-refractivity contribution < 1.29 is 23.5 Å². The summed E-state index contributed by atoms with van der Waals surface area (Å²) < 4.78 is 17.8. The molecule has 7 nitrogen and oxygen atoms in total. The van der Waals surface area contributed by atoms with Gasteiger partial charge in [0.15, 0.2) is 11.6 Å². The number of esters is 1. The maximum Gasteiger partial charge on any atom is 0.313 e. The highest BCUT2D eigenvalue weighted by atomic mass is 32.2. The molecule has 0 aliphatic rings. The fourth-order valence-electron chi connectivity index (χ4n) is 1.86. The normalized spacial score (nSPS) is 10.2. The second-order valence-electron chi connectivity index (χ2n) is 5.03. The third-order valence-corrected chi connectivity index (χ3v) is 3.98. The highest BCUT2D eigenvalue weighted by molar-refractivity contribution is 7.99. The number of hydrogen-bond acceptors (Lipinski definition) is 7. The van der Waals surface area contributed by atoms with E-state index in [9.17, 15) is 18.8 Å². The van der Waals surface area contributed by atoms with Gasteiger partial charge in [0.1, 0.15) is 17.3 Å². The molecule has 2 rings (SSSR count). The maximum atomic E-state index is 13.1. The molecule has 0 spiro atoms. The van der Waals surface area contributed by atoms with E-state index < -0.39 is 17.7 Å². The van der Waals surface area contributed by atoms with Crippen molar-refractivity contribution in [3.8, 4) is 0 Å². The van der Waals surface area contributed by atoms with Crippen molar-refractivity contribution in [2.45, 2.75) is 18.4 Å². The number of nitrogens with zero attached hydrogens (tertiary/aromatic N) is 2. The van der Waals surface area contributed by atoms with Gasteiger partial charge in [0, 0.05) is 5.56 Å². The van der Waals surface area contributed by atoms with Gasteiger partial charge in [-0.25, -0.2) is 4.39 Å². The van der Waals surface area contributed by atoms with Crippen molar-refractivity contribution in [3.05, 3.63) is 47.8 Å². The van der Waals surface area contributed by atoms with Gasteiger partial charge in [0.2, 0.25) is 0 Å². The predicted octanol–water partition coefficient (Wildman–Crippen LogP) is 2.48. The van der Waals surface area contributed by atoms with Crippen molar-refractivity contribution >= 4 is 35.2 Å². The molecule has 1 amide bonds. The SMILES string of the molecule is CCOC(=O)CC(=O)CSc1ccc(NC(=O)c2cccc(F)c2)nn1. The number of nitrogens with one attached hydrogen (secondary N) is 1. The molecule has 0 aliphatic heterocycles. The lowest BCUT2D eigenvalue weighted by Crippen LogP contribution is -2.14. The van der Waals surface area contributed by atoms with Crippen LogP contribution >= 0.6 is 11.8 Å². The second-order valence-corrected chi connectivity index (χ2v) is 6.03. The molecule has 2 aromatic rings. The van der Waals surface area contributed by atoms with Gasteiger partial charge in [-0.3, -0.25) is 14.4 Å². The monoisotopic (exact) mass is 377 g/mol. The minimum absolute atomic E-state index is 0.0580. The molecule has 9 heteroatoms. The van der Waals surface area contributed by atoms with E-state index in [-0.39, 0.29) is 35.9 Å². The highest BCUT2D eigenvalue weighted by Crippen LogP contribution is 2.16. The number of anilines is 1. The van der Waals surface area contributed by atoms with Crippen molar-refractivity contribution in [3.63, 3.8) is 0 Å². The van der Waals surface area contributed by atoms with E-state index in [4.69, 9.17) is 4.74 Å². The number of rotatable bonds is 8. The Kier molecular flexibility index (Phi) is 7.22. The number of aromatic nitrogens is 2. The van der Waals surface area contributed by atoms with Gasteiger partial charge in [-0.05, 0) is 37.3 Å². The van der Waals surface area contributed by atoms with Gasteiger partial charge < -0.3 is 10.1 Å². The van der Waals surface area contributed by atoms with Crippen LogP contribution in [0.5, 0.6) is 0 Å². The largest absolute Gasteiger partial charge is 0.466 e. The van der Waals surface area contributed by atoms with Crippen molar-refractivity contribution in [1.82, 2.24) is 10.2 Å². The van der Waals surface area contributed by atoms with Crippen LogP contribution in [0.25, 0.3) is 0 Å². The van der Waals surface area contributed by atoms with Gasteiger partial charge in [-0.2, -0.15) is 0 Å². The van der Waals surface area contributed by atoms with Gasteiger partial charge >= 0.3 is 5.97 Å². The van der Waals surface area contributed by atoms with Crippen molar-refractivity contribution in [2.75, 3.05) is 17.7 Å². The van der Waals surface area contributed by atoms with E-state index >= 15 is 0 Å². The molecule has 0 saturated heterocycles. The van der Waals surface area contributed by atoms with Gasteiger partial charge in [0.25, 0.3) is 5.91 Å². The summed E-state index contributed by atoms with van der Waals surface area (Å²) in [5, 5.41) is 10.7. The first-order chi connectivity index (χ1) is 12.5. The Hall–Kier alpha value is -2.81. The first kappa shape index (κ1) is 19.5. The van der Waals surface area contributed by atoms with Gasteiger partial charge in [0.05, 0.1) is 12.4 Å². The van der Waals surface area contributed by atoms with Crippen LogP contribution in [0.1, 0.15) is 23.7 Å². The maximum absolute atomic E-state index is 13.1. The number of Topliss-reactive ketones (excluding diaryl/α,β-unsaturated/α-hetero) is 1. The predicted molar refractivity (Wildman–Crippen MR) is 93.4 cm³/mol. The standard InChI is InChI=1S/C17H16FN3O4S/c1-2-25-16(23)9-13(22)10-26-15-7-6-14(20-21-15)19-17(24)11-4-3-5-12(18)8-11/h3-8H,2,9-10H2,1H3,(H,19,20,24). The Morgan fingerprint density at radius 3 is 2.65 bits per heavy atom. The summed E-state index contributed by atoms with van der Waals surface area (Å²) in [6, 6.07) is 8.36. The summed E-state index contributed by atoms with van der Waals surface area (Å²) >= 11 is 1.12. The summed E-state index contributed by atoms with van der Waals surface area (Å²) in [5.41, 5.74) is 0.162. The molecule has 0 saturated carbocycles. The van der Waals surface area contributed by atoms with Crippen LogP contribution in [-0.4, -0.2) is 40.2 Å². The zero-order chi connectivity index (χ0) is 18.9. The Morgan fingerprint density at radius 2 is 2.00 bits per heavy atom. The molecule has 1 aromatic heterocycles. The quantitative estimate of drug-likeness (QED) is 0.429. The number of amides is 1. The molecule has 0 unspecified atom stereocenters. The van der Waals surface area contributed by atoms with Crippen LogP contribution in [0.2, 0.25) is 0 Å². The average Bonchev–Trinajstić information content (AvgIpc) is 2.61. The molecular weight excluding hydrogens is 361 g/mol. The molecule has 26 heavy (non-hydrogen) atoms. The molecule has 1 N–H and O–H groups in total. The molecule has 0 atom stereocenters. The summed E-state index contributed by atoms with van der Waals surface area (Å²) in [7, 11) is 0. The lowest BCUT2D eigenvalue weighted by Gasteiger charge is -2.05. The molecular formula is C17H16FN3O4S. The average molecular weight is 377 g/mol. The number of ether oxygens (including phenoxy) is 1. The molecule has 0 bridgehead atoms. The van der Waals surface area contributed by atoms with E-state index in [1.165, 1.54) is 24.3 Å². The summed E-state index contributed by atoms with van der Waals surface area (Å²) in [6.07, 6.45) is -0.282. The topological polar surface area (TPSA) is 98.2 Å². The first-order valence-corrected chi connectivity index (χ1v) is 8.67. The Balaban J connectivity index is 1.85. The van der Waals surface area contributed by atoms with Crippen LogP contribution in [0, 0.1) is 5.82 Å². The molecule has 0 radical (unpaired) electrons. The first-order valence-electron chi connectivity index (χ1n) is 7.68. The third-order valence-electron chi connectivity index (χ3n) is 3.00. The Labute approximate surface area is 153 Å². The molecule has 136 valence electrons. The van der Waals surface area contributed by atoms with E-state index in [2.05, 4.69) is 15.5 Å². The number of ketones is 1. The van der Waals surface area contributed by atoms with Crippen LogP contribution in [-0.2, 0) is 14.3 Å². The van der Waals surface area contributed by atoms with Crippen LogP contribution < -0.4 is 5.32 Å². The Morgan fingerprint density at radius 1 is 1.19 bits per heavy atom. The van der Waals surface area contributed by atoms with E-state index in [0.717, 1.165) is 17.8 Å². The Bertz CT molecular complexity index is 799. The second kappa shape index (κ2) is 9.62. The van der Waals surface area contributed by atoms with Crippen molar-refractivity contribution in [1.29, 1.82) is 0 Å². The molecule has 1 aromatic carbocycles. The summed E-state index contributed by atoms with van der Waals surface area (Å²) in [4.78, 5) is 34.8. The smallest absolute Gasteiger partial charge is 0.313 e. The third kappa shape index (κ3) is 6.25.